The van der Waals surface area contributed by atoms with Crippen LogP contribution in [0.5, 0.6) is 0 Å². The molecule has 4 nitrogen and oxygen atoms in total. The highest BCUT2D eigenvalue weighted by Gasteiger charge is 2.65. The zero-order valence-electron chi connectivity index (χ0n) is 10.8. The summed E-state index contributed by atoms with van der Waals surface area (Å²) in [4.78, 5) is 0. The van der Waals surface area contributed by atoms with E-state index in [-0.39, 0.29) is 5.41 Å². The number of hydrogen-bond donors (Lipinski definition) is 2. The number of benzene rings is 1. The van der Waals surface area contributed by atoms with E-state index in [9.17, 15) is 8.76 Å². The van der Waals surface area contributed by atoms with Crippen LogP contribution in [0.15, 0.2) is 34.8 Å². The number of halogens is 1. The lowest BCUT2D eigenvalue weighted by atomic mass is 9.68. The standard InChI is InChI=1S/C14H15BrN2O2S/c15-10-3-4-12-11(9-10)13-5-1-2-6-14(13,16-12)17(8-7-13)20(18)19/h1,3-5,9,16H,2,6-8H2,(H,18,19)/t13-,14-/m1/s1. The maximum absolute atomic E-state index is 11.8. The van der Waals surface area contributed by atoms with Crippen LogP contribution in [0.4, 0.5) is 5.69 Å². The lowest BCUT2D eigenvalue weighted by Crippen LogP contribution is -2.58. The first-order valence-corrected chi connectivity index (χ1v) is 8.59. The molecule has 0 bridgehead atoms. The zero-order valence-corrected chi connectivity index (χ0v) is 13.2. The van der Waals surface area contributed by atoms with Crippen LogP contribution in [-0.2, 0) is 16.7 Å². The third kappa shape index (κ3) is 1.40. The number of allylic oxidation sites excluding steroid dienone is 1. The van der Waals surface area contributed by atoms with Crippen molar-refractivity contribution in [1.82, 2.24) is 4.31 Å². The van der Waals surface area contributed by atoms with Crippen LogP contribution in [0.25, 0.3) is 0 Å². The Morgan fingerprint density at radius 1 is 1.40 bits per heavy atom. The van der Waals surface area contributed by atoms with Crippen molar-refractivity contribution >= 4 is 32.9 Å². The second-order valence-electron chi connectivity index (χ2n) is 5.67. The first kappa shape index (κ1) is 13.0. The highest BCUT2D eigenvalue weighted by Crippen LogP contribution is 2.60. The number of nitrogens with zero attached hydrogens (tertiary/aromatic N) is 1. The van der Waals surface area contributed by atoms with Crippen molar-refractivity contribution in [1.29, 1.82) is 0 Å². The molecular weight excluding hydrogens is 340 g/mol. The molecule has 106 valence electrons. The van der Waals surface area contributed by atoms with Crippen molar-refractivity contribution in [2.45, 2.75) is 30.3 Å². The molecule has 0 amide bonds. The second kappa shape index (κ2) is 4.16. The van der Waals surface area contributed by atoms with Gasteiger partial charge in [0.15, 0.2) is 0 Å². The molecule has 0 aromatic heterocycles. The van der Waals surface area contributed by atoms with E-state index in [0.717, 1.165) is 29.4 Å². The zero-order chi connectivity index (χ0) is 14.0. The lowest BCUT2D eigenvalue weighted by Gasteiger charge is -2.44. The molecule has 6 heteroatoms. The van der Waals surface area contributed by atoms with E-state index in [4.69, 9.17) is 0 Å². The molecule has 2 N–H and O–H groups in total. The Balaban J connectivity index is 1.97. The van der Waals surface area contributed by atoms with Crippen molar-refractivity contribution in [2.24, 2.45) is 0 Å². The van der Waals surface area contributed by atoms with Crippen molar-refractivity contribution in [2.75, 3.05) is 11.9 Å². The molecule has 1 fully saturated rings. The number of fused-ring (bicyclic) bond motifs is 1. The third-order valence-electron chi connectivity index (χ3n) is 4.94. The molecule has 1 unspecified atom stereocenters. The first-order chi connectivity index (χ1) is 9.59. The summed E-state index contributed by atoms with van der Waals surface area (Å²) in [6, 6.07) is 6.21. The highest BCUT2D eigenvalue weighted by atomic mass is 79.9. The normalized spacial score (nSPS) is 36.1. The van der Waals surface area contributed by atoms with E-state index in [1.54, 1.807) is 4.31 Å². The molecule has 2 aliphatic heterocycles. The van der Waals surface area contributed by atoms with Crippen molar-refractivity contribution in [3.05, 3.63) is 40.4 Å². The van der Waals surface area contributed by atoms with Crippen molar-refractivity contribution < 1.29 is 8.76 Å². The molecule has 0 radical (unpaired) electrons. The average Bonchev–Trinajstić information content (AvgIpc) is 2.89. The summed E-state index contributed by atoms with van der Waals surface area (Å²) in [5, 5.41) is 3.56. The van der Waals surface area contributed by atoms with Crippen molar-refractivity contribution in [3.63, 3.8) is 0 Å². The Bertz CT molecular complexity index is 650. The van der Waals surface area contributed by atoms with E-state index in [0.29, 0.717) is 6.54 Å². The second-order valence-corrected chi connectivity index (χ2v) is 7.49. The predicted molar refractivity (Wildman–Crippen MR) is 82.6 cm³/mol. The molecule has 2 heterocycles. The van der Waals surface area contributed by atoms with E-state index in [1.165, 1.54) is 5.56 Å². The Labute approximate surface area is 128 Å². The van der Waals surface area contributed by atoms with Crippen LogP contribution in [0.1, 0.15) is 24.8 Å². The number of rotatable bonds is 1. The van der Waals surface area contributed by atoms with Crippen LogP contribution < -0.4 is 5.32 Å². The van der Waals surface area contributed by atoms with Gasteiger partial charge in [-0.1, -0.05) is 28.1 Å². The van der Waals surface area contributed by atoms with Crippen LogP contribution in [0, 0.1) is 0 Å². The fourth-order valence-electron chi connectivity index (χ4n) is 4.16. The molecule has 4 rings (SSSR count). The molecular formula is C14H15BrN2O2S. The maximum Gasteiger partial charge on any atom is 0.236 e. The Morgan fingerprint density at radius 3 is 3.05 bits per heavy atom. The summed E-state index contributed by atoms with van der Waals surface area (Å²) in [6.07, 6.45) is 7.10. The summed E-state index contributed by atoms with van der Waals surface area (Å²) in [5.41, 5.74) is 1.67. The number of anilines is 1. The predicted octanol–water partition coefficient (Wildman–Crippen LogP) is 3.00. The van der Waals surface area contributed by atoms with Gasteiger partial charge in [0.1, 0.15) is 5.66 Å². The topological polar surface area (TPSA) is 52.6 Å². The van der Waals surface area contributed by atoms with Gasteiger partial charge in [0.25, 0.3) is 0 Å². The molecule has 0 spiro atoms. The van der Waals surface area contributed by atoms with Crippen molar-refractivity contribution in [3.8, 4) is 0 Å². The minimum absolute atomic E-state index is 0.192. The van der Waals surface area contributed by atoms with Crippen LogP contribution in [0.3, 0.4) is 0 Å². The van der Waals surface area contributed by atoms with Gasteiger partial charge in [0, 0.05) is 16.7 Å². The Morgan fingerprint density at radius 2 is 2.25 bits per heavy atom. The molecule has 0 saturated carbocycles. The van der Waals surface area contributed by atoms with Crippen LogP contribution >= 0.6 is 15.9 Å². The summed E-state index contributed by atoms with van der Waals surface area (Å²) < 4.78 is 24.2. The van der Waals surface area contributed by atoms with Crippen LogP contribution in [-0.4, -0.2) is 25.3 Å². The monoisotopic (exact) mass is 354 g/mol. The summed E-state index contributed by atoms with van der Waals surface area (Å²) in [5.74, 6) is 0. The summed E-state index contributed by atoms with van der Waals surface area (Å²) in [7, 11) is 0. The molecule has 3 aliphatic rings. The van der Waals surface area contributed by atoms with Gasteiger partial charge in [0.2, 0.25) is 11.3 Å². The van der Waals surface area contributed by atoms with Gasteiger partial charge >= 0.3 is 0 Å². The van der Waals surface area contributed by atoms with Gasteiger partial charge in [-0.25, -0.2) is 4.21 Å². The van der Waals surface area contributed by atoms with Gasteiger partial charge in [-0.3, -0.25) is 4.55 Å². The van der Waals surface area contributed by atoms with Crippen LogP contribution in [0.2, 0.25) is 0 Å². The minimum Gasteiger partial charge on any atom is -0.365 e. The molecule has 1 aliphatic carbocycles. The SMILES string of the molecule is O=S(O)N1CC[C@@]23C=CCC[C@@]12Nc1ccc(Br)cc13. The molecule has 1 aromatic carbocycles. The van der Waals surface area contributed by atoms with Gasteiger partial charge in [-0.05, 0) is 43.0 Å². The Kier molecular flexibility index (Phi) is 2.71. The largest absolute Gasteiger partial charge is 0.365 e. The maximum atomic E-state index is 11.8. The fraction of sp³-hybridized carbons (Fsp3) is 0.429. The highest BCUT2D eigenvalue weighted by molar-refractivity contribution is 9.10. The first-order valence-electron chi connectivity index (χ1n) is 6.74. The number of hydrogen-bond acceptors (Lipinski definition) is 2. The van der Waals surface area contributed by atoms with Gasteiger partial charge in [0.05, 0.1) is 5.41 Å². The average molecular weight is 355 g/mol. The van der Waals surface area contributed by atoms with Gasteiger partial charge in [-0.15, -0.1) is 0 Å². The number of nitrogens with one attached hydrogen (secondary N) is 1. The van der Waals surface area contributed by atoms with E-state index in [2.05, 4.69) is 45.5 Å². The van der Waals surface area contributed by atoms with E-state index < -0.39 is 16.9 Å². The quantitative estimate of drug-likeness (QED) is 0.602. The lowest BCUT2D eigenvalue weighted by molar-refractivity contribution is 0.203. The molecule has 3 atom stereocenters. The molecule has 20 heavy (non-hydrogen) atoms. The minimum atomic E-state index is -1.95. The summed E-state index contributed by atoms with van der Waals surface area (Å²) in [6.45, 7) is 0.631. The van der Waals surface area contributed by atoms with E-state index in [1.807, 2.05) is 6.07 Å². The molecule has 1 aromatic rings. The van der Waals surface area contributed by atoms with Gasteiger partial charge < -0.3 is 5.32 Å². The van der Waals surface area contributed by atoms with E-state index >= 15 is 0 Å². The summed E-state index contributed by atoms with van der Waals surface area (Å²) >= 11 is 1.59. The fourth-order valence-corrected chi connectivity index (χ4v) is 5.33. The Hall–Kier alpha value is -0.690. The molecule has 1 saturated heterocycles. The third-order valence-corrected chi connectivity index (χ3v) is 6.30. The van der Waals surface area contributed by atoms with Gasteiger partial charge in [-0.2, -0.15) is 4.31 Å². The smallest absolute Gasteiger partial charge is 0.236 e.